The lowest BCUT2D eigenvalue weighted by atomic mass is 9.95. The van der Waals surface area contributed by atoms with Crippen molar-refractivity contribution in [3.8, 4) is 11.3 Å². The van der Waals surface area contributed by atoms with Gasteiger partial charge in [-0.05, 0) is 62.6 Å². The molecule has 1 aliphatic rings. The molecule has 0 saturated carbocycles. The third-order valence-corrected chi connectivity index (χ3v) is 6.08. The fourth-order valence-corrected chi connectivity index (χ4v) is 4.35. The monoisotopic (exact) mass is 548 g/mol. The second kappa shape index (κ2) is 11.7. The number of likely N-dealkylation sites (N-methyl/N-ethyl adjacent to an activating group) is 1. The van der Waals surface area contributed by atoms with Gasteiger partial charge in [0, 0.05) is 39.3 Å². The third-order valence-electron chi connectivity index (χ3n) is 5.85. The SMILES string of the molecule is C.CN(C)CC(=O)Nc1ccc(Nc2ncc3c(n2)-c2ccc(Cl)cc2C(c2c(F)cccc2F)=NC3)cc1. The van der Waals surface area contributed by atoms with E-state index in [0.29, 0.717) is 44.7 Å². The zero-order chi connectivity index (χ0) is 26.8. The van der Waals surface area contributed by atoms with Crippen LogP contribution in [0.15, 0.2) is 71.9 Å². The number of halogens is 3. The van der Waals surface area contributed by atoms with Gasteiger partial charge in [-0.15, -0.1) is 0 Å². The summed E-state index contributed by atoms with van der Waals surface area (Å²) in [6, 6.07) is 16.0. The third kappa shape index (κ3) is 6.10. The Bertz CT molecular complexity index is 1540. The second-order valence-corrected chi connectivity index (χ2v) is 9.44. The maximum absolute atomic E-state index is 14.7. The summed E-state index contributed by atoms with van der Waals surface area (Å²) in [5.41, 5.74) is 3.72. The molecule has 1 aromatic heterocycles. The lowest BCUT2D eigenvalue weighted by Crippen LogP contribution is -2.27. The van der Waals surface area contributed by atoms with Gasteiger partial charge in [-0.1, -0.05) is 31.2 Å². The first kappa shape index (κ1) is 27.8. The molecule has 0 spiro atoms. The van der Waals surface area contributed by atoms with E-state index in [1.54, 1.807) is 53.6 Å². The molecular formula is C29H27ClF2N6O. The summed E-state index contributed by atoms with van der Waals surface area (Å²) < 4.78 is 29.5. The molecule has 0 bridgehead atoms. The quantitative estimate of drug-likeness (QED) is 0.295. The number of amides is 1. The second-order valence-electron chi connectivity index (χ2n) is 9.01. The zero-order valence-electron chi connectivity index (χ0n) is 20.6. The molecule has 4 aromatic rings. The smallest absolute Gasteiger partial charge is 0.238 e. The highest BCUT2D eigenvalue weighted by Gasteiger charge is 2.25. The summed E-state index contributed by atoms with van der Waals surface area (Å²) in [7, 11) is 3.65. The molecule has 1 amide bonds. The maximum atomic E-state index is 14.7. The van der Waals surface area contributed by atoms with Crippen molar-refractivity contribution in [3.05, 3.63) is 100 Å². The Morgan fingerprint density at radius 3 is 2.38 bits per heavy atom. The van der Waals surface area contributed by atoms with Gasteiger partial charge >= 0.3 is 0 Å². The van der Waals surface area contributed by atoms with Gasteiger partial charge in [-0.2, -0.15) is 0 Å². The van der Waals surface area contributed by atoms with E-state index in [4.69, 9.17) is 16.6 Å². The lowest BCUT2D eigenvalue weighted by molar-refractivity contribution is -0.116. The first-order valence-corrected chi connectivity index (χ1v) is 12.1. The Hall–Kier alpha value is -4.21. The number of benzene rings is 3. The summed E-state index contributed by atoms with van der Waals surface area (Å²) in [5, 5.41) is 6.41. The van der Waals surface area contributed by atoms with Crippen LogP contribution in [0, 0.1) is 11.6 Å². The molecular weight excluding hydrogens is 522 g/mol. The summed E-state index contributed by atoms with van der Waals surface area (Å²) >= 11 is 6.28. The summed E-state index contributed by atoms with van der Waals surface area (Å²) in [6.45, 7) is 0.414. The number of carbonyl (C=O) groups excluding carboxylic acids is 1. The van der Waals surface area contributed by atoms with Gasteiger partial charge in [-0.25, -0.2) is 18.7 Å². The van der Waals surface area contributed by atoms with Gasteiger partial charge in [0.15, 0.2) is 0 Å². The van der Waals surface area contributed by atoms with Crippen LogP contribution in [0.3, 0.4) is 0 Å². The molecule has 0 fully saturated rings. The van der Waals surface area contributed by atoms with Crippen molar-refractivity contribution in [2.24, 2.45) is 4.99 Å². The first-order valence-electron chi connectivity index (χ1n) is 11.7. The predicted octanol–water partition coefficient (Wildman–Crippen LogP) is 6.31. The molecule has 1 aliphatic heterocycles. The number of hydrogen-bond donors (Lipinski definition) is 2. The van der Waals surface area contributed by atoms with Gasteiger partial charge < -0.3 is 15.5 Å². The van der Waals surface area contributed by atoms with Crippen molar-refractivity contribution < 1.29 is 13.6 Å². The minimum Gasteiger partial charge on any atom is -0.325 e. The Kier molecular flexibility index (Phi) is 8.32. The summed E-state index contributed by atoms with van der Waals surface area (Å²) in [6.07, 6.45) is 1.64. The Morgan fingerprint density at radius 1 is 1.00 bits per heavy atom. The van der Waals surface area contributed by atoms with E-state index in [-0.39, 0.29) is 37.7 Å². The Balaban J connectivity index is 0.00000353. The standard InChI is InChI=1S/C28H23ClF2N6O.CH4/c1-37(2)15-24(38)34-18-7-9-19(10-8-18)35-28-33-14-16-13-32-27(25-22(30)4-3-5-23(25)31)21-12-17(29)6-11-20(21)26(16)36-28;/h3-12,14H,13,15H2,1-2H3,(H,34,38)(H,33,35,36);1H4. The van der Waals surface area contributed by atoms with Crippen LogP contribution in [0.1, 0.15) is 24.1 Å². The van der Waals surface area contributed by atoms with Crippen LogP contribution in [0.2, 0.25) is 5.02 Å². The van der Waals surface area contributed by atoms with Gasteiger partial charge in [0.25, 0.3) is 0 Å². The Morgan fingerprint density at radius 2 is 1.69 bits per heavy atom. The van der Waals surface area contributed by atoms with Gasteiger partial charge in [0.05, 0.1) is 30.1 Å². The molecule has 0 radical (unpaired) electrons. The van der Waals surface area contributed by atoms with Crippen LogP contribution >= 0.6 is 11.6 Å². The van der Waals surface area contributed by atoms with Crippen LogP contribution < -0.4 is 10.6 Å². The van der Waals surface area contributed by atoms with Crippen LogP contribution in [0.4, 0.5) is 26.1 Å². The predicted molar refractivity (Wildman–Crippen MR) is 152 cm³/mol. The maximum Gasteiger partial charge on any atom is 0.238 e. The molecule has 0 aliphatic carbocycles. The minimum absolute atomic E-state index is 0. The van der Waals surface area contributed by atoms with E-state index in [1.807, 2.05) is 14.1 Å². The molecule has 0 atom stereocenters. The van der Waals surface area contributed by atoms with Crippen LogP contribution in [-0.2, 0) is 11.3 Å². The molecule has 5 rings (SSSR count). The molecule has 200 valence electrons. The lowest BCUT2D eigenvalue weighted by Gasteiger charge is -2.14. The fourth-order valence-electron chi connectivity index (χ4n) is 4.18. The van der Waals surface area contributed by atoms with Crippen molar-refractivity contribution in [1.29, 1.82) is 0 Å². The molecule has 2 N–H and O–H groups in total. The summed E-state index contributed by atoms with van der Waals surface area (Å²) in [4.78, 5) is 27.4. The highest BCUT2D eigenvalue weighted by Crippen LogP contribution is 2.34. The molecule has 39 heavy (non-hydrogen) atoms. The van der Waals surface area contributed by atoms with Gasteiger partial charge in [-0.3, -0.25) is 9.79 Å². The number of nitrogens with one attached hydrogen (secondary N) is 2. The number of hydrogen-bond acceptors (Lipinski definition) is 6. The number of aliphatic imine (C=N–C) groups is 1. The van der Waals surface area contributed by atoms with Crippen LogP contribution in [0.25, 0.3) is 11.3 Å². The average molecular weight is 549 g/mol. The number of aromatic nitrogens is 2. The fraction of sp³-hybridized carbons (Fsp3) is 0.172. The number of fused-ring (bicyclic) bond motifs is 3. The highest BCUT2D eigenvalue weighted by molar-refractivity contribution is 6.31. The first-order chi connectivity index (χ1) is 18.3. The highest BCUT2D eigenvalue weighted by atomic mass is 35.5. The largest absolute Gasteiger partial charge is 0.325 e. The Labute approximate surface area is 230 Å². The molecule has 2 heterocycles. The van der Waals surface area contributed by atoms with Gasteiger partial charge in [0.2, 0.25) is 11.9 Å². The number of anilines is 3. The zero-order valence-corrected chi connectivity index (χ0v) is 21.4. The van der Waals surface area contributed by atoms with Crippen molar-refractivity contribution in [2.45, 2.75) is 14.0 Å². The number of nitrogens with zero attached hydrogens (tertiary/aromatic N) is 4. The number of rotatable bonds is 6. The van der Waals surface area contributed by atoms with E-state index in [1.165, 1.54) is 18.2 Å². The van der Waals surface area contributed by atoms with Crippen molar-refractivity contribution >= 4 is 40.5 Å². The normalized spacial score (nSPS) is 12.0. The van der Waals surface area contributed by atoms with Crippen molar-refractivity contribution in [2.75, 3.05) is 31.3 Å². The van der Waals surface area contributed by atoms with Gasteiger partial charge in [0.1, 0.15) is 11.6 Å². The molecule has 3 aromatic carbocycles. The van der Waals surface area contributed by atoms with E-state index in [0.717, 1.165) is 0 Å². The van der Waals surface area contributed by atoms with Crippen molar-refractivity contribution in [1.82, 2.24) is 14.9 Å². The van der Waals surface area contributed by atoms with E-state index < -0.39 is 11.6 Å². The van der Waals surface area contributed by atoms with Crippen molar-refractivity contribution in [3.63, 3.8) is 0 Å². The molecule has 10 heteroatoms. The topological polar surface area (TPSA) is 82.5 Å². The summed E-state index contributed by atoms with van der Waals surface area (Å²) in [5.74, 6) is -1.21. The van der Waals surface area contributed by atoms with Crippen LogP contribution in [-0.4, -0.2) is 47.1 Å². The molecule has 7 nitrogen and oxygen atoms in total. The van der Waals surface area contributed by atoms with E-state index >= 15 is 0 Å². The number of carbonyl (C=O) groups is 1. The molecule has 0 saturated heterocycles. The minimum atomic E-state index is -0.713. The van der Waals surface area contributed by atoms with Crippen LogP contribution in [0.5, 0.6) is 0 Å². The average Bonchev–Trinajstić information content (AvgIpc) is 3.01. The van der Waals surface area contributed by atoms with E-state index in [9.17, 15) is 13.6 Å². The molecule has 0 unspecified atom stereocenters. The van der Waals surface area contributed by atoms with E-state index in [2.05, 4.69) is 20.6 Å².